The summed E-state index contributed by atoms with van der Waals surface area (Å²) in [7, 11) is 0. The molecule has 0 spiro atoms. The fraction of sp³-hybridized carbons (Fsp3) is 0.385. The number of anilines is 1. The molecule has 2 nitrogen and oxygen atoms in total. The maximum Gasteiger partial charge on any atom is 0.0325 e. The number of nitrogens with zero attached hydrogens (tertiary/aromatic N) is 1. The van der Waals surface area contributed by atoms with Gasteiger partial charge in [-0.1, -0.05) is 33.6 Å². The summed E-state index contributed by atoms with van der Waals surface area (Å²) in [5.74, 6) is 0. The van der Waals surface area contributed by atoms with Crippen molar-refractivity contribution in [1.82, 2.24) is 4.90 Å². The molecule has 0 saturated heterocycles. The van der Waals surface area contributed by atoms with E-state index < -0.39 is 0 Å². The molecule has 0 atom stereocenters. The van der Waals surface area contributed by atoms with Crippen LogP contribution in [0, 0.1) is 0 Å². The highest BCUT2D eigenvalue weighted by Crippen LogP contribution is 2.22. The van der Waals surface area contributed by atoms with Crippen LogP contribution in [-0.4, -0.2) is 18.0 Å². The first kappa shape index (κ1) is 11.7. The van der Waals surface area contributed by atoms with Crippen LogP contribution in [0.3, 0.4) is 0 Å². The zero-order valence-corrected chi connectivity index (χ0v) is 11.1. The Hall–Kier alpha value is -0.800. The van der Waals surface area contributed by atoms with Gasteiger partial charge in [-0.05, 0) is 31.0 Å². The van der Waals surface area contributed by atoms with E-state index in [1.54, 1.807) is 0 Å². The first-order chi connectivity index (χ1) is 7.65. The smallest absolute Gasteiger partial charge is 0.0325 e. The molecule has 1 aliphatic rings. The van der Waals surface area contributed by atoms with Crippen LogP contribution in [0.4, 0.5) is 5.69 Å². The van der Waals surface area contributed by atoms with Gasteiger partial charge >= 0.3 is 0 Å². The molecule has 2 N–H and O–H groups in total. The molecule has 0 saturated carbocycles. The highest BCUT2D eigenvalue weighted by atomic mass is 79.9. The quantitative estimate of drug-likeness (QED) is 0.666. The van der Waals surface area contributed by atoms with Gasteiger partial charge in [0.05, 0.1) is 0 Å². The van der Waals surface area contributed by atoms with Crippen molar-refractivity contribution in [2.75, 3.05) is 18.8 Å². The van der Waals surface area contributed by atoms with E-state index in [-0.39, 0.29) is 0 Å². The zero-order chi connectivity index (χ0) is 11.5. The summed E-state index contributed by atoms with van der Waals surface area (Å²) in [5, 5.41) is 0. The third-order valence-corrected chi connectivity index (χ3v) is 3.73. The molecule has 0 aromatic heterocycles. The second kappa shape index (κ2) is 5.02. The van der Waals surface area contributed by atoms with Gasteiger partial charge in [0, 0.05) is 29.8 Å². The summed E-state index contributed by atoms with van der Waals surface area (Å²) < 4.78 is 1.11. The molecule has 1 aromatic rings. The molecule has 0 bridgehead atoms. The number of benzene rings is 1. The predicted octanol–water partition coefficient (Wildman–Crippen LogP) is 3.18. The number of nitrogens with two attached hydrogens (primary N) is 1. The van der Waals surface area contributed by atoms with Gasteiger partial charge in [0.1, 0.15) is 0 Å². The van der Waals surface area contributed by atoms with E-state index in [0.29, 0.717) is 0 Å². The summed E-state index contributed by atoms with van der Waals surface area (Å²) in [6.07, 6.45) is 3.50. The molecule has 3 heteroatoms. The Labute approximate surface area is 105 Å². The minimum atomic E-state index is 0.810. The summed E-state index contributed by atoms with van der Waals surface area (Å²) in [4.78, 5) is 2.45. The maximum atomic E-state index is 5.73. The van der Waals surface area contributed by atoms with Crippen molar-refractivity contribution < 1.29 is 0 Å². The van der Waals surface area contributed by atoms with Crippen LogP contribution in [-0.2, 0) is 6.54 Å². The third kappa shape index (κ3) is 2.86. The molecule has 1 aliphatic heterocycles. The highest BCUT2D eigenvalue weighted by Gasteiger charge is 2.11. The Morgan fingerprint density at radius 1 is 1.44 bits per heavy atom. The van der Waals surface area contributed by atoms with Gasteiger partial charge in [0.15, 0.2) is 0 Å². The van der Waals surface area contributed by atoms with E-state index in [2.05, 4.69) is 39.9 Å². The van der Waals surface area contributed by atoms with Crippen molar-refractivity contribution in [1.29, 1.82) is 0 Å². The van der Waals surface area contributed by atoms with Gasteiger partial charge in [-0.2, -0.15) is 0 Å². The van der Waals surface area contributed by atoms with E-state index in [1.165, 1.54) is 17.6 Å². The normalized spacial score (nSPS) is 17.2. The average Bonchev–Trinajstić information content (AvgIpc) is 2.25. The fourth-order valence-electron chi connectivity index (χ4n) is 1.89. The maximum absolute atomic E-state index is 5.73. The van der Waals surface area contributed by atoms with Gasteiger partial charge in [0.2, 0.25) is 0 Å². The van der Waals surface area contributed by atoms with Crippen LogP contribution >= 0.6 is 15.9 Å². The van der Waals surface area contributed by atoms with E-state index in [4.69, 9.17) is 5.73 Å². The molecule has 1 aromatic carbocycles. The van der Waals surface area contributed by atoms with Crippen LogP contribution < -0.4 is 5.73 Å². The van der Waals surface area contributed by atoms with Crippen molar-refractivity contribution in [3.63, 3.8) is 0 Å². The van der Waals surface area contributed by atoms with Crippen molar-refractivity contribution in [3.8, 4) is 0 Å². The van der Waals surface area contributed by atoms with Crippen LogP contribution in [0.15, 0.2) is 34.3 Å². The van der Waals surface area contributed by atoms with Crippen molar-refractivity contribution in [3.05, 3.63) is 39.9 Å². The predicted molar refractivity (Wildman–Crippen MR) is 72.2 cm³/mol. The standard InChI is InChI=1S/C13H17BrN2/c1-10-4-6-16(7-5-10)9-11-2-3-12(15)8-13(11)14/h2-4,8H,5-7,9,15H2,1H3. The molecular formula is C13H17BrN2. The van der Waals surface area contributed by atoms with E-state index in [9.17, 15) is 0 Å². The molecule has 0 amide bonds. The minimum Gasteiger partial charge on any atom is -0.399 e. The monoisotopic (exact) mass is 280 g/mol. The second-order valence-electron chi connectivity index (χ2n) is 4.39. The van der Waals surface area contributed by atoms with Crippen molar-refractivity contribution in [2.24, 2.45) is 0 Å². The minimum absolute atomic E-state index is 0.810. The van der Waals surface area contributed by atoms with Gasteiger partial charge in [-0.15, -0.1) is 0 Å². The van der Waals surface area contributed by atoms with Gasteiger partial charge in [-0.25, -0.2) is 0 Å². The molecule has 0 radical (unpaired) electrons. The van der Waals surface area contributed by atoms with Crippen LogP contribution in [0.1, 0.15) is 18.9 Å². The summed E-state index contributed by atoms with van der Waals surface area (Å²) >= 11 is 3.56. The Balaban J connectivity index is 2.04. The molecule has 1 heterocycles. The number of hydrogen-bond donors (Lipinski definition) is 1. The Morgan fingerprint density at radius 3 is 2.88 bits per heavy atom. The van der Waals surface area contributed by atoms with E-state index in [1.807, 2.05) is 12.1 Å². The number of hydrogen-bond acceptors (Lipinski definition) is 2. The zero-order valence-electron chi connectivity index (χ0n) is 9.54. The number of nitrogen functional groups attached to an aromatic ring is 1. The Morgan fingerprint density at radius 2 is 2.25 bits per heavy atom. The molecular weight excluding hydrogens is 264 g/mol. The summed E-state index contributed by atoms with van der Waals surface area (Å²) in [5.41, 5.74) is 9.35. The average molecular weight is 281 g/mol. The first-order valence-electron chi connectivity index (χ1n) is 5.57. The van der Waals surface area contributed by atoms with Crippen molar-refractivity contribution in [2.45, 2.75) is 19.9 Å². The lowest BCUT2D eigenvalue weighted by Gasteiger charge is -2.25. The summed E-state index contributed by atoms with van der Waals surface area (Å²) in [6.45, 7) is 5.41. The SMILES string of the molecule is CC1=CCN(Cc2ccc(N)cc2Br)CC1. The molecule has 0 unspecified atom stereocenters. The van der Waals surface area contributed by atoms with Gasteiger partial charge in [0.25, 0.3) is 0 Å². The van der Waals surface area contributed by atoms with Crippen LogP contribution in [0.25, 0.3) is 0 Å². The van der Waals surface area contributed by atoms with E-state index in [0.717, 1.165) is 29.8 Å². The molecule has 86 valence electrons. The second-order valence-corrected chi connectivity index (χ2v) is 5.24. The van der Waals surface area contributed by atoms with E-state index >= 15 is 0 Å². The Kier molecular flexibility index (Phi) is 3.66. The summed E-state index contributed by atoms with van der Waals surface area (Å²) in [6, 6.07) is 6.04. The lowest BCUT2D eigenvalue weighted by Crippen LogP contribution is -2.28. The molecule has 0 aliphatic carbocycles. The number of rotatable bonds is 2. The topological polar surface area (TPSA) is 29.3 Å². The molecule has 0 fully saturated rings. The molecule has 16 heavy (non-hydrogen) atoms. The Bertz CT molecular complexity index is 412. The lowest BCUT2D eigenvalue weighted by molar-refractivity contribution is 0.285. The third-order valence-electron chi connectivity index (χ3n) is 2.99. The van der Waals surface area contributed by atoms with Crippen LogP contribution in [0.2, 0.25) is 0 Å². The fourth-order valence-corrected chi connectivity index (χ4v) is 2.41. The largest absolute Gasteiger partial charge is 0.399 e. The lowest BCUT2D eigenvalue weighted by atomic mass is 10.1. The first-order valence-corrected chi connectivity index (χ1v) is 6.36. The van der Waals surface area contributed by atoms with Crippen LogP contribution in [0.5, 0.6) is 0 Å². The molecule has 2 rings (SSSR count). The van der Waals surface area contributed by atoms with Crippen molar-refractivity contribution >= 4 is 21.6 Å². The number of halogens is 1. The highest BCUT2D eigenvalue weighted by molar-refractivity contribution is 9.10. The van der Waals surface area contributed by atoms with Gasteiger partial charge < -0.3 is 5.73 Å². The van der Waals surface area contributed by atoms with Gasteiger partial charge in [-0.3, -0.25) is 4.90 Å².